The summed E-state index contributed by atoms with van der Waals surface area (Å²) >= 11 is 0. The Hall–Kier alpha value is -1.11. The summed E-state index contributed by atoms with van der Waals surface area (Å²) in [5.41, 5.74) is 0.727. The Kier molecular flexibility index (Phi) is 2.24. The highest BCUT2D eigenvalue weighted by molar-refractivity contribution is 6.62. The minimum Gasteiger partial charge on any atom is -0.399 e. The van der Waals surface area contributed by atoms with Gasteiger partial charge in [0, 0.05) is 37.2 Å². The van der Waals surface area contributed by atoms with Crippen molar-refractivity contribution in [2.24, 2.45) is 0 Å². The van der Waals surface area contributed by atoms with Crippen LogP contribution >= 0.6 is 0 Å². The standard InChI is InChI=1S/C16H22BN3O2/c1-14(2)15(3,4)22-17(21-14)11-5-6-13(18-8-11)20-12-7-16(20)10-19(16)9-12/h5-6,8,12H,7,9-10H2,1-4H3. The van der Waals surface area contributed by atoms with Gasteiger partial charge in [-0.2, -0.15) is 0 Å². The maximum absolute atomic E-state index is 6.09. The SMILES string of the molecule is CC1(C)OB(c2ccc(N3C4CN5CC53C4)nc2)OC1(C)C. The van der Waals surface area contributed by atoms with Gasteiger partial charge >= 0.3 is 7.12 Å². The Morgan fingerprint density at radius 3 is 2.36 bits per heavy atom. The lowest BCUT2D eigenvalue weighted by atomic mass is 9.80. The van der Waals surface area contributed by atoms with Gasteiger partial charge in [-0.15, -0.1) is 0 Å². The van der Waals surface area contributed by atoms with Crippen LogP contribution in [0.1, 0.15) is 34.1 Å². The van der Waals surface area contributed by atoms with Crippen molar-refractivity contribution in [2.45, 2.75) is 57.0 Å². The second-order valence-corrected chi connectivity index (χ2v) is 8.13. The van der Waals surface area contributed by atoms with Crippen molar-refractivity contribution in [3.63, 3.8) is 0 Å². The topological polar surface area (TPSA) is 37.6 Å². The van der Waals surface area contributed by atoms with Crippen LogP contribution in [0.25, 0.3) is 0 Å². The summed E-state index contributed by atoms with van der Waals surface area (Å²) in [6, 6.07) is 4.89. The Balaban J connectivity index is 1.38. The number of anilines is 1. The van der Waals surface area contributed by atoms with Gasteiger partial charge in [0.05, 0.1) is 11.2 Å². The summed E-state index contributed by atoms with van der Waals surface area (Å²) in [5.74, 6) is 1.09. The monoisotopic (exact) mass is 299 g/mol. The lowest BCUT2D eigenvalue weighted by Crippen LogP contribution is -2.56. The molecule has 5 aliphatic rings. The largest absolute Gasteiger partial charge is 0.496 e. The van der Waals surface area contributed by atoms with Crippen molar-refractivity contribution < 1.29 is 9.31 Å². The zero-order valence-corrected chi connectivity index (χ0v) is 13.7. The Labute approximate surface area is 131 Å². The third-order valence-electron chi connectivity index (χ3n) is 6.28. The van der Waals surface area contributed by atoms with Gasteiger partial charge in [0.2, 0.25) is 0 Å². The number of hydrogen-bond acceptors (Lipinski definition) is 5. The molecular weight excluding hydrogens is 277 g/mol. The van der Waals surface area contributed by atoms with Crippen molar-refractivity contribution in [1.82, 2.24) is 9.88 Å². The minimum absolute atomic E-state index is 0.305. The van der Waals surface area contributed by atoms with Gasteiger partial charge in [-0.05, 0) is 33.8 Å². The number of rotatable bonds is 2. The zero-order chi connectivity index (χ0) is 15.3. The second kappa shape index (κ2) is 3.69. The number of piperidine rings is 1. The Morgan fingerprint density at radius 2 is 1.91 bits per heavy atom. The van der Waals surface area contributed by atoms with Gasteiger partial charge in [0.1, 0.15) is 11.5 Å². The first-order chi connectivity index (χ1) is 10.3. The van der Waals surface area contributed by atoms with Crippen LogP contribution in [0, 0.1) is 0 Å². The highest BCUT2D eigenvalue weighted by Crippen LogP contribution is 2.58. The number of pyridine rings is 1. The van der Waals surface area contributed by atoms with Gasteiger partial charge in [-0.3, -0.25) is 4.90 Å². The van der Waals surface area contributed by atoms with Gasteiger partial charge in [0.15, 0.2) is 0 Å². The van der Waals surface area contributed by atoms with E-state index >= 15 is 0 Å². The first-order valence-electron chi connectivity index (χ1n) is 8.18. The summed E-state index contributed by atoms with van der Waals surface area (Å²) in [5, 5.41) is 0. The maximum Gasteiger partial charge on any atom is 0.496 e. The molecule has 0 amide bonds. The molecule has 2 bridgehead atoms. The van der Waals surface area contributed by atoms with E-state index in [1.54, 1.807) is 0 Å². The second-order valence-electron chi connectivity index (χ2n) is 8.13. The van der Waals surface area contributed by atoms with E-state index in [-0.39, 0.29) is 18.3 Å². The summed E-state index contributed by atoms with van der Waals surface area (Å²) in [7, 11) is -0.324. The van der Waals surface area contributed by atoms with E-state index in [9.17, 15) is 0 Å². The molecule has 6 heteroatoms. The van der Waals surface area contributed by atoms with Crippen molar-refractivity contribution in [1.29, 1.82) is 0 Å². The number of aromatic nitrogens is 1. The van der Waals surface area contributed by atoms with Crippen molar-refractivity contribution in [3.05, 3.63) is 18.3 Å². The fraction of sp³-hybridized carbons (Fsp3) is 0.688. The molecule has 0 N–H and O–H groups in total. The molecule has 5 fully saturated rings. The quantitative estimate of drug-likeness (QED) is 0.601. The van der Waals surface area contributed by atoms with E-state index in [2.05, 4.69) is 49.6 Å². The highest BCUT2D eigenvalue weighted by Gasteiger charge is 2.73. The smallest absolute Gasteiger partial charge is 0.399 e. The molecule has 0 aliphatic carbocycles. The van der Waals surface area contributed by atoms with E-state index in [1.807, 2.05) is 6.20 Å². The molecule has 5 nitrogen and oxygen atoms in total. The predicted molar refractivity (Wildman–Crippen MR) is 85.1 cm³/mol. The molecule has 1 spiro atoms. The number of nitrogens with zero attached hydrogens (tertiary/aromatic N) is 3. The molecule has 5 saturated heterocycles. The van der Waals surface area contributed by atoms with E-state index in [4.69, 9.17) is 14.3 Å². The minimum atomic E-state index is -0.324. The Bertz CT molecular complexity index is 629. The molecule has 5 aliphatic heterocycles. The van der Waals surface area contributed by atoms with Crippen molar-refractivity contribution in [2.75, 3.05) is 18.0 Å². The summed E-state index contributed by atoms with van der Waals surface area (Å²) in [4.78, 5) is 9.72. The highest BCUT2D eigenvalue weighted by atomic mass is 16.7. The molecule has 0 aromatic carbocycles. The lowest BCUT2D eigenvalue weighted by molar-refractivity contribution is 0.00578. The molecule has 6 heterocycles. The van der Waals surface area contributed by atoms with Crippen LogP contribution in [0.15, 0.2) is 18.3 Å². The van der Waals surface area contributed by atoms with Crippen molar-refractivity contribution in [3.8, 4) is 0 Å². The van der Waals surface area contributed by atoms with Crippen LogP contribution in [0.2, 0.25) is 0 Å². The first kappa shape index (κ1) is 13.3. The normalized spacial score (nSPS) is 39.6. The molecule has 0 radical (unpaired) electrons. The van der Waals surface area contributed by atoms with Gasteiger partial charge < -0.3 is 14.2 Å². The summed E-state index contributed by atoms with van der Waals surface area (Å²) in [6.45, 7) is 10.7. The third kappa shape index (κ3) is 1.48. The molecule has 1 aromatic rings. The average Bonchev–Trinajstić information content (AvgIpc) is 2.83. The van der Waals surface area contributed by atoms with Crippen LogP contribution in [0.5, 0.6) is 0 Å². The van der Waals surface area contributed by atoms with Gasteiger partial charge in [0.25, 0.3) is 0 Å². The summed E-state index contributed by atoms with van der Waals surface area (Å²) in [6.07, 6.45) is 3.23. The van der Waals surface area contributed by atoms with E-state index in [0.29, 0.717) is 11.7 Å². The van der Waals surface area contributed by atoms with Crippen LogP contribution in [-0.4, -0.2) is 53.0 Å². The fourth-order valence-corrected chi connectivity index (χ4v) is 4.18. The number of piperazine rings is 1. The average molecular weight is 299 g/mol. The van der Waals surface area contributed by atoms with Crippen molar-refractivity contribution >= 4 is 18.4 Å². The van der Waals surface area contributed by atoms with Crippen LogP contribution in [0.4, 0.5) is 5.82 Å². The maximum atomic E-state index is 6.09. The molecular formula is C16H22BN3O2. The first-order valence-corrected chi connectivity index (χ1v) is 8.18. The van der Waals surface area contributed by atoms with Crippen LogP contribution in [-0.2, 0) is 9.31 Å². The van der Waals surface area contributed by atoms with Gasteiger partial charge in [-0.25, -0.2) is 4.98 Å². The third-order valence-corrected chi connectivity index (χ3v) is 6.28. The number of hydrogen-bond donors (Lipinski definition) is 0. The van der Waals surface area contributed by atoms with E-state index in [1.165, 1.54) is 19.5 Å². The molecule has 1 aromatic heterocycles. The van der Waals surface area contributed by atoms with Gasteiger partial charge in [-0.1, -0.05) is 6.07 Å². The lowest BCUT2D eigenvalue weighted by Gasteiger charge is -2.43. The Morgan fingerprint density at radius 1 is 1.18 bits per heavy atom. The molecule has 116 valence electrons. The predicted octanol–water partition coefficient (Wildman–Crippen LogP) is 0.985. The molecule has 3 atom stereocenters. The molecule has 3 unspecified atom stereocenters. The molecule has 22 heavy (non-hydrogen) atoms. The van der Waals surface area contributed by atoms with E-state index in [0.717, 1.165) is 11.3 Å². The molecule has 0 saturated carbocycles. The van der Waals surface area contributed by atoms with Crippen LogP contribution < -0.4 is 10.4 Å². The summed E-state index contributed by atoms with van der Waals surface area (Å²) < 4.78 is 12.2. The van der Waals surface area contributed by atoms with Crippen LogP contribution in [0.3, 0.4) is 0 Å². The van der Waals surface area contributed by atoms with E-state index < -0.39 is 0 Å². The zero-order valence-electron chi connectivity index (χ0n) is 13.7. The fourth-order valence-electron chi connectivity index (χ4n) is 4.18. The molecule has 6 rings (SSSR count).